The minimum atomic E-state index is 0.473. The van der Waals surface area contributed by atoms with Gasteiger partial charge in [-0.25, -0.2) is 9.97 Å². The molecular weight excluding hydrogens is 160 g/mol. The number of hydrogen-bond acceptors (Lipinski definition) is 2. The fourth-order valence-electron chi connectivity index (χ4n) is 1.51. The Morgan fingerprint density at radius 2 is 1.85 bits per heavy atom. The van der Waals surface area contributed by atoms with Crippen molar-refractivity contribution in [3.8, 4) is 0 Å². The molecule has 2 atom stereocenters. The lowest BCUT2D eigenvalue weighted by Crippen LogP contribution is -2.09. The second-order valence-corrected chi connectivity index (χ2v) is 3.66. The summed E-state index contributed by atoms with van der Waals surface area (Å²) in [4.78, 5) is 8.54. The van der Waals surface area contributed by atoms with Gasteiger partial charge in [0.25, 0.3) is 0 Å². The highest BCUT2D eigenvalue weighted by Gasteiger charge is 2.15. The Morgan fingerprint density at radius 3 is 2.38 bits per heavy atom. The Kier molecular flexibility index (Phi) is 3.87. The fourth-order valence-corrected chi connectivity index (χ4v) is 1.51. The topological polar surface area (TPSA) is 25.8 Å². The van der Waals surface area contributed by atoms with Gasteiger partial charge >= 0.3 is 0 Å². The van der Waals surface area contributed by atoms with Crippen molar-refractivity contribution in [2.45, 2.75) is 39.5 Å². The summed E-state index contributed by atoms with van der Waals surface area (Å²) in [6, 6.07) is 1.86. The molecule has 0 aliphatic rings. The summed E-state index contributed by atoms with van der Waals surface area (Å²) >= 11 is 0. The lowest BCUT2D eigenvalue weighted by Gasteiger charge is -2.17. The first-order valence-corrected chi connectivity index (χ1v) is 5.02. The Labute approximate surface area is 80.4 Å². The minimum absolute atomic E-state index is 0.473. The van der Waals surface area contributed by atoms with Crippen molar-refractivity contribution in [3.63, 3.8) is 0 Å². The number of aromatic nitrogens is 2. The molecular formula is C11H18N2. The molecule has 0 fully saturated rings. The SMILES string of the molecule is CCCC(C)C(C)c1ncccn1. The van der Waals surface area contributed by atoms with Gasteiger partial charge in [0.15, 0.2) is 0 Å². The maximum atomic E-state index is 4.27. The second-order valence-electron chi connectivity index (χ2n) is 3.66. The van der Waals surface area contributed by atoms with Crippen LogP contribution in [0.2, 0.25) is 0 Å². The van der Waals surface area contributed by atoms with E-state index in [9.17, 15) is 0 Å². The lowest BCUT2D eigenvalue weighted by atomic mass is 9.91. The molecule has 0 radical (unpaired) electrons. The molecule has 0 aliphatic carbocycles. The summed E-state index contributed by atoms with van der Waals surface area (Å²) < 4.78 is 0. The summed E-state index contributed by atoms with van der Waals surface area (Å²) in [5, 5.41) is 0. The van der Waals surface area contributed by atoms with Crippen LogP contribution in [0.1, 0.15) is 45.4 Å². The van der Waals surface area contributed by atoms with E-state index in [1.165, 1.54) is 12.8 Å². The van der Waals surface area contributed by atoms with Gasteiger partial charge in [0.05, 0.1) is 0 Å². The van der Waals surface area contributed by atoms with E-state index in [1.54, 1.807) is 0 Å². The van der Waals surface area contributed by atoms with Crippen molar-refractivity contribution in [1.29, 1.82) is 0 Å². The normalized spacial score (nSPS) is 15.3. The predicted octanol–water partition coefficient (Wildman–Crippen LogP) is 3.02. The van der Waals surface area contributed by atoms with Gasteiger partial charge in [-0.3, -0.25) is 0 Å². The van der Waals surface area contributed by atoms with Crippen LogP contribution in [-0.4, -0.2) is 9.97 Å². The van der Waals surface area contributed by atoms with Gasteiger partial charge in [-0.15, -0.1) is 0 Å². The van der Waals surface area contributed by atoms with Gasteiger partial charge in [0.1, 0.15) is 5.82 Å². The van der Waals surface area contributed by atoms with Gasteiger partial charge < -0.3 is 0 Å². The quantitative estimate of drug-likeness (QED) is 0.708. The Hall–Kier alpha value is -0.920. The lowest BCUT2D eigenvalue weighted by molar-refractivity contribution is 0.432. The average Bonchev–Trinajstić information content (AvgIpc) is 2.18. The third-order valence-electron chi connectivity index (χ3n) is 2.59. The van der Waals surface area contributed by atoms with E-state index in [2.05, 4.69) is 30.7 Å². The van der Waals surface area contributed by atoms with Crippen molar-refractivity contribution < 1.29 is 0 Å². The molecule has 0 bridgehead atoms. The van der Waals surface area contributed by atoms with Crippen LogP contribution in [0.3, 0.4) is 0 Å². The zero-order valence-electron chi connectivity index (χ0n) is 8.70. The van der Waals surface area contributed by atoms with Crippen LogP contribution in [-0.2, 0) is 0 Å². The first kappa shape index (κ1) is 10.2. The van der Waals surface area contributed by atoms with E-state index in [0.717, 1.165) is 5.82 Å². The highest BCUT2D eigenvalue weighted by molar-refractivity contribution is 4.96. The van der Waals surface area contributed by atoms with Gasteiger partial charge in [0, 0.05) is 18.3 Å². The van der Waals surface area contributed by atoms with Gasteiger partial charge in [-0.1, -0.05) is 33.6 Å². The summed E-state index contributed by atoms with van der Waals surface area (Å²) in [6.45, 7) is 6.69. The van der Waals surface area contributed by atoms with E-state index in [1.807, 2.05) is 18.5 Å². The monoisotopic (exact) mass is 178 g/mol. The molecule has 13 heavy (non-hydrogen) atoms. The molecule has 1 aromatic rings. The van der Waals surface area contributed by atoms with Crippen LogP contribution >= 0.6 is 0 Å². The number of hydrogen-bond donors (Lipinski definition) is 0. The molecule has 1 heterocycles. The Morgan fingerprint density at radius 1 is 1.23 bits per heavy atom. The van der Waals surface area contributed by atoms with E-state index in [0.29, 0.717) is 11.8 Å². The minimum Gasteiger partial charge on any atom is -0.241 e. The molecule has 0 amide bonds. The highest BCUT2D eigenvalue weighted by atomic mass is 14.9. The third kappa shape index (κ3) is 2.79. The maximum Gasteiger partial charge on any atom is 0.131 e. The van der Waals surface area contributed by atoms with Gasteiger partial charge in [-0.05, 0) is 12.0 Å². The second kappa shape index (κ2) is 4.95. The average molecular weight is 178 g/mol. The largest absolute Gasteiger partial charge is 0.241 e. The van der Waals surface area contributed by atoms with E-state index >= 15 is 0 Å². The maximum absolute atomic E-state index is 4.27. The molecule has 0 aromatic carbocycles. The zero-order valence-corrected chi connectivity index (χ0v) is 8.70. The van der Waals surface area contributed by atoms with Crippen LogP contribution in [0.15, 0.2) is 18.5 Å². The first-order chi connectivity index (χ1) is 6.25. The molecule has 1 rings (SSSR count). The van der Waals surface area contributed by atoms with Crippen molar-refractivity contribution in [3.05, 3.63) is 24.3 Å². The van der Waals surface area contributed by atoms with Crippen LogP contribution in [0, 0.1) is 5.92 Å². The number of nitrogens with zero attached hydrogens (tertiary/aromatic N) is 2. The Balaban J connectivity index is 2.62. The van der Waals surface area contributed by atoms with Gasteiger partial charge in [-0.2, -0.15) is 0 Å². The molecule has 0 saturated heterocycles. The smallest absolute Gasteiger partial charge is 0.131 e. The summed E-state index contributed by atoms with van der Waals surface area (Å²) in [6.07, 6.45) is 6.12. The fraction of sp³-hybridized carbons (Fsp3) is 0.636. The molecule has 2 nitrogen and oxygen atoms in total. The third-order valence-corrected chi connectivity index (χ3v) is 2.59. The molecule has 72 valence electrons. The van der Waals surface area contributed by atoms with Crippen molar-refractivity contribution in [2.75, 3.05) is 0 Å². The molecule has 0 N–H and O–H groups in total. The van der Waals surface area contributed by atoms with Crippen LogP contribution < -0.4 is 0 Å². The summed E-state index contributed by atoms with van der Waals surface area (Å²) in [5.74, 6) is 2.12. The van der Waals surface area contributed by atoms with Crippen molar-refractivity contribution >= 4 is 0 Å². The van der Waals surface area contributed by atoms with E-state index in [-0.39, 0.29) is 0 Å². The molecule has 0 saturated carbocycles. The van der Waals surface area contributed by atoms with Crippen LogP contribution in [0.25, 0.3) is 0 Å². The predicted molar refractivity (Wildman–Crippen MR) is 54.5 cm³/mol. The van der Waals surface area contributed by atoms with Crippen LogP contribution in [0.4, 0.5) is 0 Å². The number of rotatable bonds is 4. The molecule has 2 unspecified atom stereocenters. The van der Waals surface area contributed by atoms with Crippen LogP contribution in [0.5, 0.6) is 0 Å². The standard InChI is InChI=1S/C11H18N2/c1-4-6-9(2)10(3)11-12-7-5-8-13-11/h5,7-10H,4,6H2,1-3H3. The summed E-state index contributed by atoms with van der Waals surface area (Å²) in [5.41, 5.74) is 0. The van der Waals surface area contributed by atoms with Gasteiger partial charge in [0.2, 0.25) is 0 Å². The van der Waals surface area contributed by atoms with E-state index < -0.39 is 0 Å². The van der Waals surface area contributed by atoms with E-state index in [4.69, 9.17) is 0 Å². The molecule has 1 aromatic heterocycles. The zero-order chi connectivity index (χ0) is 9.68. The highest BCUT2D eigenvalue weighted by Crippen LogP contribution is 2.23. The molecule has 0 spiro atoms. The molecule has 2 heteroatoms. The summed E-state index contributed by atoms with van der Waals surface area (Å²) in [7, 11) is 0. The molecule has 0 aliphatic heterocycles. The first-order valence-electron chi connectivity index (χ1n) is 5.02. The Bertz CT molecular complexity index is 233. The van der Waals surface area contributed by atoms with Crippen molar-refractivity contribution in [2.24, 2.45) is 5.92 Å². The van der Waals surface area contributed by atoms with Crippen molar-refractivity contribution in [1.82, 2.24) is 9.97 Å².